The summed E-state index contributed by atoms with van der Waals surface area (Å²) < 4.78 is 13.9. The minimum Gasteiger partial charge on any atom is -0.399 e. The summed E-state index contributed by atoms with van der Waals surface area (Å²) >= 11 is 0. The van der Waals surface area contributed by atoms with Gasteiger partial charge in [0.25, 0.3) is 0 Å². The molecule has 2 aromatic carbocycles. The first-order valence-electron chi connectivity index (χ1n) is 7.88. The van der Waals surface area contributed by atoms with Crippen molar-refractivity contribution in [2.45, 2.75) is 18.8 Å². The molecule has 0 fully saturated rings. The van der Waals surface area contributed by atoms with E-state index in [1.54, 1.807) is 12.1 Å². The van der Waals surface area contributed by atoms with E-state index in [2.05, 4.69) is 34.6 Å². The van der Waals surface area contributed by atoms with Crippen molar-refractivity contribution < 1.29 is 4.39 Å². The van der Waals surface area contributed by atoms with E-state index in [-0.39, 0.29) is 5.82 Å². The fraction of sp³-hybridized carbons (Fsp3) is 0.211. The second-order valence-corrected chi connectivity index (χ2v) is 6.08. The Morgan fingerprint density at radius 3 is 2.96 bits per heavy atom. The SMILES string of the molecule is Nc1ccc2c(NCC3CCc4ccccc43)ncc(F)c2c1. The van der Waals surface area contributed by atoms with Crippen molar-refractivity contribution >= 4 is 22.3 Å². The van der Waals surface area contributed by atoms with Crippen LogP contribution in [0.2, 0.25) is 0 Å². The zero-order chi connectivity index (χ0) is 15.8. The van der Waals surface area contributed by atoms with Gasteiger partial charge >= 0.3 is 0 Å². The highest BCUT2D eigenvalue weighted by atomic mass is 19.1. The largest absolute Gasteiger partial charge is 0.399 e. The molecule has 3 aromatic rings. The summed E-state index contributed by atoms with van der Waals surface area (Å²) in [5, 5.41) is 4.68. The van der Waals surface area contributed by atoms with Crippen LogP contribution in [0.3, 0.4) is 0 Å². The molecule has 0 saturated carbocycles. The molecule has 0 saturated heterocycles. The van der Waals surface area contributed by atoms with Crippen LogP contribution in [0.5, 0.6) is 0 Å². The third-order valence-electron chi connectivity index (χ3n) is 4.64. The number of aryl methyl sites for hydroxylation is 1. The highest BCUT2D eigenvalue weighted by Gasteiger charge is 2.22. The maximum atomic E-state index is 13.9. The van der Waals surface area contributed by atoms with E-state index in [4.69, 9.17) is 5.73 Å². The Morgan fingerprint density at radius 2 is 2.04 bits per heavy atom. The molecule has 1 aliphatic rings. The van der Waals surface area contributed by atoms with Gasteiger partial charge in [-0.05, 0) is 42.2 Å². The monoisotopic (exact) mass is 307 g/mol. The van der Waals surface area contributed by atoms with Gasteiger partial charge in [0.05, 0.1) is 6.20 Å². The van der Waals surface area contributed by atoms with Gasteiger partial charge in [0.15, 0.2) is 0 Å². The van der Waals surface area contributed by atoms with Crippen LogP contribution >= 0.6 is 0 Å². The Kier molecular flexibility index (Phi) is 3.37. The number of pyridine rings is 1. The Balaban J connectivity index is 1.61. The first kappa shape index (κ1) is 14.0. The maximum Gasteiger partial charge on any atom is 0.149 e. The fourth-order valence-electron chi connectivity index (χ4n) is 3.44. The molecule has 0 aliphatic heterocycles. The number of hydrogen-bond donors (Lipinski definition) is 2. The number of nitrogens with zero attached hydrogens (tertiary/aromatic N) is 1. The fourth-order valence-corrected chi connectivity index (χ4v) is 3.44. The lowest BCUT2D eigenvalue weighted by Gasteiger charge is -2.15. The van der Waals surface area contributed by atoms with Crippen LogP contribution < -0.4 is 11.1 Å². The van der Waals surface area contributed by atoms with Gasteiger partial charge in [0.2, 0.25) is 0 Å². The number of nitrogens with one attached hydrogen (secondary N) is 1. The summed E-state index contributed by atoms with van der Waals surface area (Å²) in [6.07, 6.45) is 3.52. The Morgan fingerprint density at radius 1 is 1.17 bits per heavy atom. The summed E-state index contributed by atoms with van der Waals surface area (Å²) in [7, 11) is 0. The number of fused-ring (bicyclic) bond motifs is 2. The minimum atomic E-state index is -0.343. The third kappa shape index (κ3) is 2.50. The van der Waals surface area contributed by atoms with Gasteiger partial charge in [-0.25, -0.2) is 9.37 Å². The standard InChI is InChI=1S/C19H18FN3/c20-18-11-23-19(16-8-7-14(21)9-17(16)18)22-10-13-6-5-12-3-1-2-4-15(12)13/h1-4,7-9,11,13H,5-6,10,21H2,(H,22,23). The maximum absolute atomic E-state index is 13.9. The van der Waals surface area contributed by atoms with Crippen LogP contribution in [0.25, 0.3) is 10.8 Å². The second kappa shape index (κ2) is 5.54. The van der Waals surface area contributed by atoms with Crippen LogP contribution in [0.1, 0.15) is 23.5 Å². The molecule has 0 radical (unpaired) electrons. The molecule has 1 aromatic heterocycles. The van der Waals surface area contributed by atoms with Gasteiger partial charge in [0, 0.05) is 28.9 Å². The van der Waals surface area contributed by atoms with Gasteiger partial charge in [0.1, 0.15) is 11.6 Å². The molecule has 3 nitrogen and oxygen atoms in total. The van der Waals surface area contributed by atoms with E-state index in [0.717, 1.165) is 24.8 Å². The van der Waals surface area contributed by atoms with Crippen molar-refractivity contribution in [2.75, 3.05) is 17.6 Å². The third-order valence-corrected chi connectivity index (χ3v) is 4.64. The summed E-state index contributed by atoms with van der Waals surface area (Å²) in [6, 6.07) is 13.8. The Hall–Kier alpha value is -2.62. The molecule has 1 atom stereocenters. The van der Waals surface area contributed by atoms with E-state index in [9.17, 15) is 4.39 Å². The minimum absolute atomic E-state index is 0.343. The van der Waals surface area contributed by atoms with Gasteiger partial charge in [-0.2, -0.15) is 0 Å². The summed E-state index contributed by atoms with van der Waals surface area (Å²) in [6.45, 7) is 0.801. The predicted octanol–water partition coefficient (Wildman–Crippen LogP) is 4.10. The molecule has 0 amide bonds. The number of anilines is 2. The number of halogens is 1. The number of rotatable bonds is 3. The van der Waals surface area contributed by atoms with E-state index in [1.165, 1.54) is 17.3 Å². The van der Waals surface area contributed by atoms with E-state index >= 15 is 0 Å². The smallest absolute Gasteiger partial charge is 0.149 e. The molecular formula is C19H18FN3. The van der Waals surface area contributed by atoms with Crippen molar-refractivity contribution in [1.82, 2.24) is 4.98 Å². The highest BCUT2D eigenvalue weighted by molar-refractivity contribution is 5.94. The first-order chi connectivity index (χ1) is 11.2. The van der Waals surface area contributed by atoms with Crippen LogP contribution in [-0.4, -0.2) is 11.5 Å². The molecule has 1 heterocycles. The average molecular weight is 307 g/mol. The summed E-state index contributed by atoms with van der Waals surface area (Å²) in [5.41, 5.74) is 9.16. The van der Waals surface area contributed by atoms with Crippen LogP contribution in [-0.2, 0) is 6.42 Å². The zero-order valence-corrected chi connectivity index (χ0v) is 12.7. The van der Waals surface area contributed by atoms with Crippen LogP contribution in [0.4, 0.5) is 15.9 Å². The molecule has 1 unspecified atom stereocenters. The van der Waals surface area contributed by atoms with Gasteiger partial charge < -0.3 is 11.1 Å². The van der Waals surface area contributed by atoms with Crippen molar-refractivity contribution in [3.05, 3.63) is 65.6 Å². The van der Waals surface area contributed by atoms with Gasteiger partial charge in [-0.1, -0.05) is 24.3 Å². The van der Waals surface area contributed by atoms with Crippen LogP contribution in [0, 0.1) is 5.82 Å². The Bertz CT molecular complexity index is 876. The number of benzene rings is 2. The average Bonchev–Trinajstić information content (AvgIpc) is 2.98. The van der Waals surface area contributed by atoms with E-state index in [1.807, 2.05) is 6.07 Å². The molecule has 0 spiro atoms. The molecule has 116 valence electrons. The van der Waals surface area contributed by atoms with E-state index < -0.39 is 0 Å². The Labute approximate surface area is 134 Å². The van der Waals surface area contributed by atoms with Gasteiger partial charge in [-0.15, -0.1) is 0 Å². The van der Waals surface area contributed by atoms with Crippen molar-refractivity contribution in [3.8, 4) is 0 Å². The highest BCUT2D eigenvalue weighted by Crippen LogP contribution is 2.33. The van der Waals surface area contributed by atoms with Gasteiger partial charge in [-0.3, -0.25) is 0 Å². The molecule has 23 heavy (non-hydrogen) atoms. The molecule has 1 aliphatic carbocycles. The number of nitrogens with two attached hydrogens (primary N) is 1. The van der Waals surface area contributed by atoms with Crippen molar-refractivity contribution in [1.29, 1.82) is 0 Å². The summed E-state index contributed by atoms with van der Waals surface area (Å²) in [5.74, 6) is 0.844. The number of nitrogen functional groups attached to an aromatic ring is 1. The number of hydrogen-bond acceptors (Lipinski definition) is 3. The predicted molar refractivity (Wildman–Crippen MR) is 92.1 cm³/mol. The van der Waals surface area contributed by atoms with Crippen LogP contribution in [0.15, 0.2) is 48.7 Å². The molecule has 4 rings (SSSR count). The number of aromatic nitrogens is 1. The molecule has 3 N–H and O–H groups in total. The first-order valence-corrected chi connectivity index (χ1v) is 7.88. The lowest BCUT2D eigenvalue weighted by molar-refractivity contribution is 0.634. The normalized spacial score (nSPS) is 16.5. The van der Waals surface area contributed by atoms with E-state index in [0.29, 0.717) is 22.8 Å². The summed E-state index contributed by atoms with van der Waals surface area (Å²) in [4.78, 5) is 4.23. The molecule has 0 bridgehead atoms. The molecular weight excluding hydrogens is 289 g/mol. The second-order valence-electron chi connectivity index (χ2n) is 6.08. The quantitative estimate of drug-likeness (QED) is 0.716. The lowest BCUT2D eigenvalue weighted by Crippen LogP contribution is -2.11. The lowest BCUT2D eigenvalue weighted by atomic mass is 10.0. The topological polar surface area (TPSA) is 50.9 Å². The zero-order valence-electron chi connectivity index (χ0n) is 12.7. The van der Waals surface area contributed by atoms with Crippen molar-refractivity contribution in [3.63, 3.8) is 0 Å². The molecule has 4 heteroatoms. The van der Waals surface area contributed by atoms with Crippen molar-refractivity contribution in [2.24, 2.45) is 0 Å².